The molecule has 1 atom stereocenters. The Bertz CT molecular complexity index is 1260. The van der Waals surface area contributed by atoms with Gasteiger partial charge >= 0.3 is 0 Å². The number of hydrogen-bond acceptors (Lipinski definition) is 3. The number of carbonyl (C=O) groups excluding carboxylic acids is 1. The van der Waals surface area contributed by atoms with Gasteiger partial charge < -0.3 is 0 Å². The molecule has 0 bridgehead atoms. The van der Waals surface area contributed by atoms with Gasteiger partial charge in [-0.1, -0.05) is 48.0 Å². The van der Waals surface area contributed by atoms with Gasteiger partial charge in [0.2, 0.25) is 0 Å². The van der Waals surface area contributed by atoms with Crippen LogP contribution in [0.25, 0.3) is 16.8 Å². The summed E-state index contributed by atoms with van der Waals surface area (Å²) in [5, 5.41) is 5.47. The molecule has 29 heavy (non-hydrogen) atoms. The minimum Gasteiger partial charge on any atom is -0.294 e. The fourth-order valence-corrected chi connectivity index (χ4v) is 4.55. The zero-order valence-corrected chi connectivity index (χ0v) is 17.1. The highest BCUT2D eigenvalue weighted by Gasteiger charge is 2.30. The molecule has 2 heterocycles. The van der Waals surface area contributed by atoms with Crippen LogP contribution >= 0.6 is 11.6 Å². The molecule has 0 saturated carbocycles. The maximum Gasteiger partial charge on any atom is 0.166 e. The number of Topliss-reactive ketones (excluding diaryl/α,β-unsaturated/α-hetero) is 1. The molecule has 1 unspecified atom stereocenters. The van der Waals surface area contributed by atoms with Crippen molar-refractivity contribution in [2.75, 3.05) is 0 Å². The molecule has 2 aromatic carbocycles. The summed E-state index contributed by atoms with van der Waals surface area (Å²) in [4.78, 5) is 17.6. The predicted octanol–water partition coefficient (Wildman–Crippen LogP) is 5.58. The molecule has 0 spiro atoms. The number of ketones is 1. The number of carbonyl (C=O) groups is 1. The third-order valence-electron chi connectivity index (χ3n) is 5.85. The summed E-state index contributed by atoms with van der Waals surface area (Å²) in [6.07, 6.45) is 3.00. The molecule has 0 amide bonds. The summed E-state index contributed by atoms with van der Waals surface area (Å²) in [5.74, 6) is 0.292. The minimum absolute atomic E-state index is 0.134. The van der Waals surface area contributed by atoms with Crippen molar-refractivity contribution in [2.24, 2.45) is 0 Å². The van der Waals surface area contributed by atoms with E-state index in [9.17, 15) is 4.79 Å². The van der Waals surface area contributed by atoms with Crippen LogP contribution in [0.4, 0.5) is 0 Å². The second-order valence-electron chi connectivity index (χ2n) is 7.71. The van der Waals surface area contributed by atoms with E-state index >= 15 is 0 Å². The Hall–Kier alpha value is -2.98. The lowest BCUT2D eigenvalue weighted by Gasteiger charge is -2.25. The summed E-state index contributed by atoms with van der Waals surface area (Å²) >= 11 is 6.06. The molecule has 4 nitrogen and oxygen atoms in total. The number of nitrogens with zero attached hydrogens (tertiary/aromatic N) is 3. The van der Waals surface area contributed by atoms with Crippen LogP contribution in [0.5, 0.6) is 0 Å². The van der Waals surface area contributed by atoms with Crippen molar-refractivity contribution < 1.29 is 4.79 Å². The van der Waals surface area contributed by atoms with Gasteiger partial charge in [-0.2, -0.15) is 5.10 Å². The Balaban J connectivity index is 1.67. The monoisotopic (exact) mass is 401 g/mol. The molecule has 2 aromatic heterocycles. The van der Waals surface area contributed by atoms with Gasteiger partial charge in [0.15, 0.2) is 11.4 Å². The van der Waals surface area contributed by atoms with Gasteiger partial charge in [-0.3, -0.25) is 4.79 Å². The van der Waals surface area contributed by atoms with Gasteiger partial charge in [-0.15, -0.1) is 0 Å². The van der Waals surface area contributed by atoms with Gasteiger partial charge in [0, 0.05) is 23.2 Å². The first-order valence-electron chi connectivity index (χ1n) is 9.75. The standard InChI is InChI=1S/C24H20ClN3O/c1-14-5-3-4-6-19(14)17-11-21-20(22(29)12-17)13-26-24-23(15(2)27-28(21)24)16-7-9-18(25)10-8-16/h3-10,13,17H,11-12H2,1-2H3. The highest BCUT2D eigenvalue weighted by molar-refractivity contribution is 6.30. The summed E-state index contributed by atoms with van der Waals surface area (Å²) in [6, 6.07) is 16.0. The van der Waals surface area contributed by atoms with E-state index in [0.717, 1.165) is 34.6 Å². The summed E-state index contributed by atoms with van der Waals surface area (Å²) in [6.45, 7) is 4.09. The Morgan fingerprint density at radius 2 is 1.79 bits per heavy atom. The van der Waals surface area contributed by atoms with Crippen LogP contribution in [0, 0.1) is 13.8 Å². The molecular formula is C24H20ClN3O. The summed E-state index contributed by atoms with van der Waals surface area (Å²) in [5.41, 5.74) is 7.76. The number of halogens is 1. The van der Waals surface area contributed by atoms with Gasteiger partial charge in [0.05, 0.1) is 17.0 Å². The Morgan fingerprint density at radius 3 is 2.55 bits per heavy atom. The van der Waals surface area contributed by atoms with Crippen molar-refractivity contribution in [2.45, 2.75) is 32.6 Å². The molecule has 0 N–H and O–H groups in total. The number of hydrogen-bond donors (Lipinski definition) is 0. The van der Waals surface area contributed by atoms with Gasteiger partial charge in [0.1, 0.15) is 0 Å². The maximum absolute atomic E-state index is 12.9. The quantitative estimate of drug-likeness (QED) is 0.440. The molecule has 0 saturated heterocycles. The Morgan fingerprint density at radius 1 is 1.03 bits per heavy atom. The summed E-state index contributed by atoms with van der Waals surface area (Å²) in [7, 11) is 0. The van der Waals surface area contributed by atoms with Crippen LogP contribution in [0.1, 0.15) is 45.2 Å². The third-order valence-corrected chi connectivity index (χ3v) is 6.10. The van der Waals surface area contributed by atoms with Gasteiger partial charge in [0.25, 0.3) is 0 Å². The van der Waals surface area contributed by atoms with E-state index in [4.69, 9.17) is 16.7 Å². The van der Waals surface area contributed by atoms with Crippen molar-refractivity contribution >= 4 is 23.0 Å². The fourth-order valence-electron chi connectivity index (χ4n) is 4.42. The van der Waals surface area contributed by atoms with E-state index < -0.39 is 0 Å². The highest BCUT2D eigenvalue weighted by atomic mass is 35.5. The van der Waals surface area contributed by atoms with E-state index in [-0.39, 0.29) is 11.7 Å². The molecule has 0 aliphatic heterocycles. The predicted molar refractivity (Wildman–Crippen MR) is 115 cm³/mol. The molecule has 1 aliphatic carbocycles. The van der Waals surface area contributed by atoms with Crippen molar-refractivity contribution in [3.05, 3.63) is 87.8 Å². The van der Waals surface area contributed by atoms with E-state index in [1.54, 1.807) is 6.20 Å². The second-order valence-corrected chi connectivity index (χ2v) is 8.14. The van der Waals surface area contributed by atoms with Crippen LogP contribution in [0.15, 0.2) is 54.7 Å². The Labute approximate surface area is 174 Å². The maximum atomic E-state index is 12.9. The van der Waals surface area contributed by atoms with Crippen LogP contribution in [0.2, 0.25) is 5.02 Å². The zero-order chi connectivity index (χ0) is 20.1. The number of aryl methyl sites for hydroxylation is 2. The number of fused-ring (bicyclic) bond motifs is 3. The van der Waals surface area contributed by atoms with E-state index in [1.165, 1.54) is 11.1 Å². The van der Waals surface area contributed by atoms with E-state index in [0.29, 0.717) is 17.0 Å². The van der Waals surface area contributed by atoms with E-state index in [2.05, 4.69) is 24.0 Å². The van der Waals surface area contributed by atoms with Gasteiger partial charge in [-0.05, 0) is 55.0 Å². The minimum atomic E-state index is 0.134. The highest BCUT2D eigenvalue weighted by Crippen LogP contribution is 2.36. The molecule has 0 radical (unpaired) electrons. The van der Waals surface area contributed by atoms with E-state index in [1.807, 2.05) is 47.8 Å². The second kappa shape index (κ2) is 6.82. The lowest BCUT2D eigenvalue weighted by atomic mass is 9.80. The normalized spacial score (nSPS) is 16.2. The average molecular weight is 402 g/mol. The molecular weight excluding hydrogens is 382 g/mol. The van der Waals surface area contributed by atoms with Crippen LogP contribution in [0.3, 0.4) is 0 Å². The molecule has 5 rings (SSSR count). The summed E-state index contributed by atoms with van der Waals surface area (Å²) < 4.78 is 1.87. The zero-order valence-electron chi connectivity index (χ0n) is 16.3. The molecule has 0 fully saturated rings. The number of benzene rings is 2. The van der Waals surface area contributed by atoms with Crippen molar-refractivity contribution in [3.63, 3.8) is 0 Å². The first kappa shape index (κ1) is 18.1. The lowest BCUT2D eigenvalue weighted by molar-refractivity contribution is 0.0962. The SMILES string of the molecule is Cc1ccccc1C1CC(=O)c2cnc3c(-c4ccc(Cl)cc4)c(C)nn3c2C1. The first-order valence-corrected chi connectivity index (χ1v) is 10.1. The number of aromatic nitrogens is 3. The molecule has 5 heteroatoms. The van der Waals surface area contributed by atoms with Crippen molar-refractivity contribution in [1.82, 2.24) is 14.6 Å². The van der Waals surface area contributed by atoms with Crippen molar-refractivity contribution in [1.29, 1.82) is 0 Å². The fraction of sp³-hybridized carbons (Fsp3) is 0.208. The topological polar surface area (TPSA) is 47.3 Å². The van der Waals surface area contributed by atoms with Crippen LogP contribution < -0.4 is 0 Å². The van der Waals surface area contributed by atoms with Crippen LogP contribution in [-0.4, -0.2) is 20.4 Å². The number of rotatable bonds is 2. The molecule has 144 valence electrons. The largest absolute Gasteiger partial charge is 0.294 e. The molecule has 1 aliphatic rings. The van der Waals surface area contributed by atoms with Crippen LogP contribution in [-0.2, 0) is 6.42 Å². The van der Waals surface area contributed by atoms with Gasteiger partial charge in [-0.25, -0.2) is 9.50 Å². The Kier molecular flexibility index (Phi) is 4.25. The van der Waals surface area contributed by atoms with Crippen molar-refractivity contribution in [3.8, 4) is 11.1 Å². The third kappa shape index (κ3) is 2.95. The lowest BCUT2D eigenvalue weighted by Crippen LogP contribution is -2.23. The average Bonchev–Trinajstić information content (AvgIpc) is 3.05. The smallest absolute Gasteiger partial charge is 0.166 e. The first-order chi connectivity index (χ1) is 14.0. The molecule has 4 aromatic rings.